The molecule has 18 heavy (non-hydrogen) atoms. The highest BCUT2D eigenvalue weighted by Gasteiger charge is 2.44. The molecule has 3 nitrogen and oxygen atoms in total. The van der Waals surface area contributed by atoms with Gasteiger partial charge in [0, 0.05) is 17.2 Å². The third kappa shape index (κ3) is 3.27. The molecule has 0 aromatic heterocycles. The number of methoxy groups -OCH3 is 1. The van der Waals surface area contributed by atoms with Crippen LogP contribution in [0.1, 0.15) is 24.8 Å². The number of carbonyl (C=O) groups excluding carboxylic acids is 1. The van der Waals surface area contributed by atoms with E-state index in [9.17, 15) is 4.79 Å². The Labute approximate surface area is 112 Å². The fourth-order valence-electron chi connectivity index (χ4n) is 1.97. The molecule has 0 bridgehead atoms. The number of ether oxygens (including phenoxy) is 1. The first-order chi connectivity index (χ1) is 8.69. The summed E-state index contributed by atoms with van der Waals surface area (Å²) in [7, 11) is 1.45. The topological polar surface area (TPSA) is 52.3 Å². The Balaban J connectivity index is 1.93. The third-order valence-electron chi connectivity index (χ3n) is 3.43. The second-order valence-electron chi connectivity index (χ2n) is 4.85. The molecule has 0 radical (unpaired) electrons. The molecule has 2 rings (SSSR count). The van der Waals surface area contributed by atoms with Crippen LogP contribution in [0.3, 0.4) is 0 Å². The lowest BCUT2D eigenvalue weighted by Crippen LogP contribution is -2.13. The first-order valence-corrected chi connectivity index (χ1v) is 7.15. The summed E-state index contributed by atoms with van der Waals surface area (Å²) in [5, 5.41) is 0. The number of nitrogens with two attached hydrogens (primary N) is 1. The smallest absolute Gasteiger partial charge is 0.306 e. The van der Waals surface area contributed by atoms with Gasteiger partial charge in [0.25, 0.3) is 0 Å². The molecule has 1 aromatic carbocycles. The number of hydrogen-bond acceptors (Lipinski definition) is 4. The Morgan fingerprint density at radius 3 is 2.78 bits per heavy atom. The van der Waals surface area contributed by atoms with Gasteiger partial charge in [-0.05, 0) is 29.9 Å². The maximum absolute atomic E-state index is 11.4. The average molecular weight is 265 g/mol. The van der Waals surface area contributed by atoms with Crippen LogP contribution >= 0.6 is 11.8 Å². The first kappa shape index (κ1) is 13.4. The van der Waals surface area contributed by atoms with Crippen LogP contribution in [0, 0.1) is 5.41 Å². The van der Waals surface area contributed by atoms with Crippen molar-refractivity contribution in [3.63, 3.8) is 0 Å². The van der Waals surface area contributed by atoms with E-state index in [1.54, 1.807) is 11.8 Å². The highest BCUT2D eigenvalue weighted by molar-refractivity contribution is 7.99. The maximum Gasteiger partial charge on any atom is 0.306 e. The van der Waals surface area contributed by atoms with Crippen molar-refractivity contribution in [1.29, 1.82) is 0 Å². The van der Waals surface area contributed by atoms with Gasteiger partial charge in [0.1, 0.15) is 0 Å². The van der Waals surface area contributed by atoms with E-state index >= 15 is 0 Å². The van der Waals surface area contributed by atoms with E-state index in [1.807, 2.05) is 12.1 Å². The lowest BCUT2D eigenvalue weighted by atomic mass is 10.1. The van der Waals surface area contributed by atoms with Gasteiger partial charge in [-0.2, -0.15) is 0 Å². The Bertz CT molecular complexity index is 430. The van der Waals surface area contributed by atoms with Crippen molar-refractivity contribution in [1.82, 2.24) is 0 Å². The minimum Gasteiger partial charge on any atom is -0.469 e. The fourth-order valence-corrected chi connectivity index (χ4v) is 3.34. The van der Waals surface area contributed by atoms with Crippen molar-refractivity contribution >= 4 is 17.7 Å². The molecule has 98 valence electrons. The van der Waals surface area contributed by atoms with E-state index in [4.69, 9.17) is 10.5 Å². The minimum atomic E-state index is -0.0970. The molecule has 0 saturated heterocycles. The van der Waals surface area contributed by atoms with Crippen LogP contribution in [-0.4, -0.2) is 18.8 Å². The normalized spacial score (nSPS) is 16.3. The molecule has 1 aromatic rings. The molecule has 1 aliphatic carbocycles. The molecule has 1 saturated carbocycles. The number of hydrogen-bond donors (Lipinski definition) is 1. The fraction of sp³-hybridized carbons (Fsp3) is 0.500. The van der Waals surface area contributed by atoms with E-state index in [2.05, 4.69) is 12.1 Å². The van der Waals surface area contributed by atoms with Crippen molar-refractivity contribution in [3.8, 4) is 0 Å². The van der Waals surface area contributed by atoms with Crippen molar-refractivity contribution in [2.24, 2.45) is 11.1 Å². The van der Waals surface area contributed by atoms with E-state index in [1.165, 1.54) is 17.6 Å². The molecule has 0 heterocycles. The molecule has 1 aliphatic rings. The van der Waals surface area contributed by atoms with Gasteiger partial charge in [0.05, 0.1) is 13.5 Å². The third-order valence-corrected chi connectivity index (χ3v) is 4.90. The quantitative estimate of drug-likeness (QED) is 0.634. The number of esters is 1. The Morgan fingerprint density at radius 2 is 2.17 bits per heavy atom. The zero-order valence-corrected chi connectivity index (χ0v) is 11.5. The SMILES string of the molecule is COC(=O)CC1(CSc2ccccc2CN)CC1. The summed E-state index contributed by atoms with van der Waals surface area (Å²) in [6.45, 7) is 0.563. The molecule has 1 fully saturated rings. The zero-order valence-electron chi connectivity index (χ0n) is 10.6. The van der Waals surface area contributed by atoms with Gasteiger partial charge in [-0.3, -0.25) is 4.79 Å². The van der Waals surface area contributed by atoms with Crippen LogP contribution in [0.2, 0.25) is 0 Å². The molecule has 0 aliphatic heterocycles. The molecule has 0 amide bonds. The van der Waals surface area contributed by atoms with Gasteiger partial charge in [0.2, 0.25) is 0 Å². The second-order valence-corrected chi connectivity index (χ2v) is 5.87. The Morgan fingerprint density at radius 1 is 1.44 bits per heavy atom. The van der Waals surface area contributed by atoms with Crippen molar-refractivity contribution < 1.29 is 9.53 Å². The number of benzene rings is 1. The van der Waals surface area contributed by atoms with Crippen molar-refractivity contribution in [2.45, 2.75) is 30.7 Å². The molecule has 2 N–H and O–H groups in total. The van der Waals surface area contributed by atoms with Gasteiger partial charge < -0.3 is 10.5 Å². The van der Waals surface area contributed by atoms with Gasteiger partial charge >= 0.3 is 5.97 Å². The van der Waals surface area contributed by atoms with Crippen molar-refractivity contribution in [3.05, 3.63) is 29.8 Å². The summed E-state index contributed by atoms with van der Waals surface area (Å²) in [5.41, 5.74) is 7.06. The van der Waals surface area contributed by atoms with Crippen LogP contribution in [0.4, 0.5) is 0 Å². The van der Waals surface area contributed by atoms with Gasteiger partial charge in [-0.1, -0.05) is 18.2 Å². The predicted octanol–water partition coefficient (Wildman–Crippen LogP) is 2.58. The van der Waals surface area contributed by atoms with Crippen LogP contribution in [0.25, 0.3) is 0 Å². The Kier molecular flexibility index (Phi) is 4.30. The Hall–Kier alpha value is -1.00. The van der Waals surface area contributed by atoms with E-state index in [0.717, 1.165) is 18.6 Å². The number of thioether (sulfide) groups is 1. The summed E-state index contributed by atoms with van der Waals surface area (Å²) in [5.74, 6) is 0.874. The van der Waals surface area contributed by atoms with E-state index in [-0.39, 0.29) is 11.4 Å². The maximum atomic E-state index is 11.4. The molecule has 4 heteroatoms. The summed E-state index contributed by atoms with van der Waals surface area (Å²) < 4.78 is 4.75. The monoisotopic (exact) mass is 265 g/mol. The summed E-state index contributed by atoms with van der Waals surface area (Å²) in [6, 6.07) is 8.19. The highest BCUT2D eigenvalue weighted by Crippen LogP contribution is 2.52. The highest BCUT2D eigenvalue weighted by atomic mass is 32.2. The predicted molar refractivity (Wildman–Crippen MR) is 73.4 cm³/mol. The lowest BCUT2D eigenvalue weighted by molar-refractivity contribution is -0.141. The van der Waals surface area contributed by atoms with E-state index < -0.39 is 0 Å². The zero-order chi connectivity index (χ0) is 13.0. The lowest BCUT2D eigenvalue weighted by Gasteiger charge is -2.14. The molecular weight excluding hydrogens is 246 g/mol. The molecule has 0 spiro atoms. The van der Waals surface area contributed by atoms with Gasteiger partial charge in [-0.15, -0.1) is 11.8 Å². The van der Waals surface area contributed by atoms with Crippen LogP contribution in [0.5, 0.6) is 0 Å². The summed E-state index contributed by atoms with van der Waals surface area (Å²) >= 11 is 1.81. The molecule has 0 unspecified atom stereocenters. The van der Waals surface area contributed by atoms with Gasteiger partial charge in [0.15, 0.2) is 0 Å². The van der Waals surface area contributed by atoms with Crippen molar-refractivity contribution in [2.75, 3.05) is 12.9 Å². The van der Waals surface area contributed by atoms with Crippen LogP contribution < -0.4 is 5.73 Å². The summed E-state index contributed by atoms with van der Waals surface area (Å²) in [4.78, 5) is 12.6. The number of rotatable bonds is 6. The first-order valence-electron chi connectivity index (χ1n) is 6.17. The second kappa shape index (κ2) is 5.76. The van der Waals surface area contributed by atoms with Crippen LogP contribution in [0.15, 0.2) is 29.2 Å². The largest absolute Gasteiger partial charge is 0.469 e. The molecule has 0 atom stereocenters. The summed E-state index contributed by atoms with van der Waals surface area (Å²) in [6.07, 6.45) is 2.79. The van der Waals surface area contributed by atoms with Gasteiger partial charge in [-0.25, -0.2) is 0 Å². The molecular formula is C14H19NO2S. The standard InChI is InChI=1S/C14H19NO2S/c1-17-13(16)8-14(6-7-14)10-18-12-5-3-2-4-11(12)9-15/h2-5H,6-10,15H2,1H3. The average Bonchev–Trinajstić information content (AvgIpc) is 3.16. The van der Waals surface area contributed by atoms with E-state index in [0.29, 0.717) is 13.0 Å². The van der Waals surface area contributed by atoms with Crippen LogP contribution in [-0.2, 0) is 16.1 Å². The minimum absolute atomic E-state index is 0.0970. The number of carbonyl (C=O) groups is 1.